The maximum Gasteiger partial charge on any atom is 0.260 e. The maximum absolute atomic E-state index is 12.8. The summed E-state index contributed by atoms with van der Waals surface area (Å²) in [5, 5.41) is 2.68. The molecule has 0 saturated carbocycles. The molecule has 2 aromatic heterocycles. The molecule has 28 heavy (non-hydrogen) atoms. The van der Waals surface area contributed by atoms with Crippen molar-refractivity contribution in [2.75, 3.05) is 14.2 Å². The smallest absolute Gasteiger partial charge is 0.260 e. The number of methoxy groups -OCH3 is 1. The number of nitrogens with one attached hydrogen (secondary N) is 2. The fourth-order valence-electron chi connectivity index (χ4n) is 3.43. The topological polar surface area (TPSA) is 59.4 Å². The van der Waals surface area contributed by atoms with E-state index in [1.165, 1.54) is 16.2 Å². The van der Waals surface area contributed by atoms with E-state index in [0.717, 1.165) is 33.8 Å². The van der Waals surface area contributed by atoms with Crippen molar-refractivity contribution in [3.8, 4) is 16.9 Å². The maximum atomic E-state index is 12.8. The Kier molecular flexibility index (Phi) is 5.23. The quantitative estimate of drug-likeness (QED) is 0.530. The third-order valence-electron chi connectivity index (χ3n) is 4.73. The molecule has 2 N–H and O–H groups in total. The molecule has 0 spiro atoms. The van der Waals surface area contributed by atoms with Gasteiger partial charge in [-0.3, -0.25) is 4.79 Å². The van der Waals surface area contributed by atoms with Crippen molar-refractivity contribution in [2.45, 2.75) is 13.1 Å². The number of nitrogens with zero attached hydrogens (tertiary/aromatic N) is 1. The molecule has 1 unspecified atom stereocenters. The first-order valence-electron chi connectivity index (χ1n) is 9.14. The molecule has 2 aromatic carbocycles. The van der Waals surface area contributed by atoms with Gasteiger partial charge in [0.15, 0.2) is 5.82 Å². The second-order valence-corrected chi connectivity index (χ2v) is 7.69. The summed E-state index contributed by atoms with van der Waals surface area (Å²) in [5.41, 5.74) is 3.03. The third kappa shape index (κ3) is 3.69. The van der Waals surface area contributed by atoms with Crippen molar-refractivity contribution in [1.29, 1.82) is 0 Å². The van der Waals surface area contributed by atoms with Crippen LogP contribution >= 0.6 is 11.3 Å². The van der Waals surface area contributed by atoms with E-state index in [9.17, 15) is 4.79 Å². The summed E-state index contributed by atoms with van der Waals surface area (Å²) in [5.74, 6) is 1.58. The minimum absolute atomic E-state index is 0.0785. The van der Waals surface area contributed by atoms with E-state index < -0.39 is 0 Å². The third-order valence-corrected chi connectivity index (χ3v) is 5.60. The van der Waals surface area contributed by atoms with Gasteiger partial charge in [0.05, 0.1) is 19.5 Å². The standard InChI is InChI=1S/C22H21N3O2S/c1-25(12-16-10-6-7-11-18(16)27-2)13-19-23-21(26)20-17(14-28-22(20)24-19)15-8-4-3-5-9-15/h3-11,14H,12-13H2,1-2H3,(H,23,24,26)/p+1. The van der Waals surface area contributed by atoms with Crippen LogP contribution in [0.5, 0.6) is 5.75 Å². The van der Waals surface area contributed by atoms with E-state index in [2.05, 4.69) is 18.1 Å². The van der Waals surface area contributed by atoms with Gasteiger partial charge in [0.25, 0.3) is 5.56 Å². The predicted octanol–water partition coefficient (Wildman–Crippen LogP) is 2.88. The van der Waals surface area contributed by atoms with E-state index in [1.54, 1.807) is 7.11 Å². The summed E-state index contributed by atoms with van der Waals surface area (Å²) in [4.78, 5) is 22.5. The number of hydrogen-bond donors (Lipinski definition) is 2. The predicted molar refractivity (Wildman–Crippen MR) is 113 cm³/mol. The van der Waals surface area contributed by atoms with Gasteiger partial charge in [-0.2, -0.15) is 0 Å². The molecular formula is C22H22N3O2S+. The summed E-state index contributed by atoms with van der Waals surface area (Å²) >= 11 is 1.51. The summed E-state index contributed by atoms with van der Waals surface area (Å²) in [7, 11) is 3.77. The molecule has 2 heterocycles. The molecule has 0 aliphatic carbocycles. The summed E-state index contributed by atoms with van der Waals surface area (Å²) in [6, 6.07) is 18.0. The summed E-state index contributed by atoms with van der Waals surface area (Å²) in [6.45, 7) is 1.41. The van der Waals surface area contributed by atoms with Gasteiger partial charge in [-0.1, -0.05) is 42.5 Å². The van der Waals surface area contributed by atoms with Gasteiger partial charge in [-0.15, -0.1) is 11.3 Å². The van der Waals surface area contributed by atoms with Gasteiger partial charge in [0.2, 0.25) is 0 Å². The highest BCUT2D eigenvalue weighted by molar-refractivity contribution is 7.17. The average Bonchev–Trinajstić information content (AvgIpc) is 3.13. The van der Waals surface area contributed by atoms with Crippen LogP contribution in [0.2, 0.25) is 0 Å². The van der Waals surface area contributed by atoms with Crippen molar-refractivity contribution < 1.29 is 9.64 Å². The van der Waals surface area contributed by atoms with Crippen LogP contribution in [0.1, 0.15) is 11.4 Å². The minimum Gasteiger partial charge on any atom is -0.496 e. The number of H-pyrrole nitrogens is 1. The van der Waals surface area contributed by atoms with E-state index in [0.29, 0.717) is 17.8 Å². The van der Waals surface area contributed by atoms with Crippen LogP contribution in [0, 0.1) is 0 Å². The second kappa shape index (κ2) is 7.96. The molecule has 1 atom stereocenters. The average molecular weight is 393 g/mol. The van der Waals surface area contributed by atoms with E-state index in [-0.39, 0.29) is 5.56 Å². The van der Waals surface area contributed by atoms with Crippen molar-refractivity contribution >= 4 is 21.6 Å². The fraction of sp³-hybridized carbons (Fsp3) is 0.182. The normalized spacial score (nSPS) is 12.2. The van der Waals surface area contributed by atoms with Crippen molar-refractivity contribution in [1.82, 2.24) is 9.97 Å². The molecule has 0 aliphatic rings. The lowest BCUT2D eigenvalue weighted by Crippen LogP contribution is -3.06. The largest absolute Gasteiger partial charge is 0.496 e. The number of aromatic amines is 1. The SMILES string of the molecule is COc1ccccc1C[NH+](C)Cc1nc2scc(-c3ccccc3)c2c(=O)[nH]1. The zero-order valence-electron chi connectivity index (χ0n) is 15.9. The Hall–Kier alpha value is -2.96. The zero-order valence-corrected chi connectivity index (χ0v) is 16.7. The van der Waals surface area contributed by atoms with Gasteiger partial charge in [0.1, 0.15) is 23.7 Å². The molecule has 0 bridgehead atoms. The summed E-state index contributed by atoms with van der Waals surface area (Å²) in [6.07, 6.45) is 0. The Morgan fingerprint density at radius 3 is 2.61 bits per heavy atom. The van der Waals surface area contributed by atoms with Gasteiger partial charge < -0.3 is 14.6 Å². The van der Waals surface area contributed by atoms with Crippen LogP contribution < -0.4 is 15.2 Å². The van der Waals surface area contributed by atoms with Crippen LogP contribution in [0.15, 0.2) is 64.8 Å². The number of quaternary nitrogens is 1. The van der Waals surface area contributed by atoms with Crippen LogP contribution in [0.25, 0.3) is 21.3 Å². The van der Waals surface area contributed by atoms with Crippen LogP contribution in [0.4, 0.5) is 0 Å². The number of fused-ring (bicyclic) bond motifs is 1. The Balaban J connectivity index is 1.59. The van der Waals surface area contributed by atoms with Crippen molar-refractivity contribution in [3.63, 3.8) is 0 Å². The molecular weight excluding hydrogens is 370 g/mol. The Morgan fingerprint density at radius 1 is 1.07 bits per heavy atom. The molecule has 4 rings (SSSR count). The van der Waals surface area contributed by atoms with Crippen LogP contribution in [-0.4, -0.2) is 24.1 Å². The van der Waals surface area contributed by atoms with Gasteiger partial charge in [-0.25, -0.2) is 4.98 Å². The molecule has 0 fully saturated rings. The fourth-order valence-corrected chi connectivity index (χ4v) is 4.40. The second-order valence-electron chi connectivity index (χ2n) is 6.83. The molecule has 5 nitrogen and oxygen atoms in total. The molecule has 0 radical (unpaired) electrons. The van der Waals surface area contributed by atoms with E-state index in [1.807, 2.05) is 53.9 Å². The van der Waals surface area contributed by atoms with Gasteiger partial charge in [0, 0.05) is 16.5 Å². The Bertz CT molecular complexity index is 1150. The lowest BCUT2D eigenvalue weighted by molar-refractivity contribution is -0.908. The first kappa shape index (κ1) is 18.4. The zero-order chi connectivity index (χ0) is 19.5. The van der Waals surface area contributed by atoms with E-state index in [4.69, 9.17) is 9.72 Å². The van der Waals surface area contributed by atoms with E-state index >= 15 is 0 Å². The monoisotopic (exact) mass is 392 g/mol. The number of para-hydroxylation sites is 1. The number of hydrogen-bond acceptors (Lipinski definition) is 4. The molecule has 0 amide bonds. The molecule has 4 aromatic rings. The highest BCUT2D eigenvalue weighted by Crippen LogP contribution is 2.30. The first-order valence-corrected chi connectivity index (χ1v) is 10.0. The number of ether oxygens (including phenoxy) is 1. The van der Waals surface area contributed by atoms with Gasteiger partial charge in [-0.05, 0) is 17.7 Å². The van der Waals surface area contributed by atoms with Crippen LogP contribution in [-0.2, 0) is 13.1 Å². The summed E-state index contributed by atoms with van der Waals surface area (Å²) < 4.78 is 5.43. The van der Waals surface area contributed by atoms with Gasteiger partial charge >= 0.3 is 0 Å². The first-order chi connectivity index (χ1) is 13.7. The highest BCUT2D eigenvalue weighted by Gasteiger charge is 2.15. The van der Waals surface area contributed by atoms with Crippen molar-refractivity contribution in [3.05, 3.63) is 81.7 Å². The van der Waals surface area contributed by atoms with Crippen LogP contribution in [0.3, 0.4) is 0 Å². The molecule has 0 aliphatic heterocycles. The molecule has 142 valence electrons. The number of benzene rings is 2. The van der Waals surface area contributed by atoms with Crippen molar-refractivity contribution in [2.24, 2.45) is 0 Å². The molecule has 0 saturated heterocycles. The molecule has 6 heteroatoms. The lowest BCUT2D eigenvalue weighted by Gasteiger charge is -2.15. The number of thiophene rings is 1. The minimum atomic E-state index is -0.0785. The highest BCUT2D eigenvalue weighted by atomic mass is 32.1. The number of rotatable bonds is 6. The number of aromatic nitrogens is 2. The lowest BCUT2D eigenvalue weighted by atomic mass is 10.1. The Morgan fingerprint density at radius 2 is 1.82 bits per heavy atom. The Labute approximate surface area is 167 Å².